The molecular formula is C31H41BrN6O4. The molecule has 0 aliphatic carbocycles. The Balaban J connectivity index is 1.35. The van der Waals surface area contributed by atoms with Crippen LogP contribution in [-0.4, -0.2) is 69.7 Å². The molecule has 2 aromatic rings. The van der Waals surface area contributed by atoms with Crippen LogP contribution in [0.3, 0.4) is 0 Å². The van der Waals surface area contributed by atoms with E-state index < -0.39 is 23.5 Å². The molecule has 42 heavy (non-hydrogen) atoms. The molecule has 5 atom stereocenters. The number of hydrogen-bond donors (Lipinski definition) is 3. The Kier molecular flexibility index (Phi) is 9.72. The molecule has 0 saturated carbocycles. The molecule has 0 radical (unpaired) electrons. The van der Waals surface area contributed by atoms with E-state index in [0.717, 1.165) is 21.1 Å². The molecule has 10 nitrogen and oxygen atoms in total. The van der Waals surface area contributed by atoms with Gasteiger partial charge in [0.2, 0.25) is 17.7 Å². The summed E-state index contributed by atoms with van der Waals surface area (Å²) in [5.41, 5.74) is 3.92. The van der Waals surface area contributed by atoms with Gasteiger partial charge in [-0.2, -0.15) is 0 Å². The van der Waals surface area contributed by atoms with Gasteiger partial charge in [-0.05, 0) is 64.2 Å². The molecule has 2 fully saturated rings. The molecule has 11 heteroatoms. The number of likely N-dealkylation sites (tertiary alicyclic amines) is 1. The van der Waals surface area contributed by atoms with Crippen LogP contribution in [0.1, 0.15) is 65.6 Å². The molecular weight excluding hydrogens is 600 g/mol. The number of rotatable bonds is 9. The Morgan fingerprint density at radius 2 is 1.86 bits per heavy atom. The molecule has 3 unspecified atom stereocenters. The maximum absolute atomic E-state index is 13.3. The van der Waals surface area contributed by atoms with Crippen LogP contribution in [0.5, 0.6) is 0 Å². The summed E-state index contributed by atoms with van der Waals surface area (Å²) in [6.45, 7) is 13.8. The molecule has 2 saturated heterocycles. The lowest BCUT2D eigenvalue weighted by Gasteiger charge is -2.36. The number of nitrogens with zero attached hydrogens (tertiary/aromatic N) is 3. The lowest BCUT2D eigenvalue weighted by atomic mass is 9.89. The first-order valence-electron chi connectivity index (χ1n) is 14.5. The van der Waals surface area contributed by atoms with Crippen molar-refractivity contribution >= 4 is 50.5 Å². The zero-order valence-electron chi connectivity index (χ0n) is 24.9. The first-order valence-corrected chi connectivity index (χ1v) is 15.3. The van der Waals surface area contributed by atoms with Crippen molar-refractivity contribution in [2.45, 2.75) is 78.0 Å². The third kappa shape index (κ3) is 6.67. The fourth-order valence-electron chi connectivity index (χ4n) is 5.61. The van der Waals surface area contributed by atoms with Crippen LogP contribution >= 0.6 is 15.9 Å². The topological polar surface area (TPSA) is 124 Å². The van der Waals surface area contributed by atoms with Crippen molar-refractivity contribution in [3.05, 3.63) is 53.2 Å². The average molecular weight is 642 g/mol. The summed E-state index contributed by atoms with van der Waals surface area (Å²) < 4.78 is 0.929. The first kappa shape index (κ1) is 31.6. The third-order valence-corrected chi connectivity index (χ3v) is 8.78. The van der Waals surface area contributed by atoms with Crippen molar-refractivity contribution in [2.75, 3.05) is 13.1 Å². The normalized spacial score (nSPS) is 23.0. The van der Waals surface area contributed by atoms with Crippen molar-refractivity contribution in [3.8, 4) is 0 Å². The van der Waals surface area contributed by atoms with E-state index in [1.165, 1.54) is 5.01 Å². The maximum Gasteiger partial charge on any atom is 0.258 e. The Hall–Kier alpha value is -3.31. The summed E-state index contributed by atoms with van der Waals surface area (Å²) in [7, 11) is 0. The van der Waals surface area contributed by atoms with Crippen LogP contribution in [-0.2, 0) is 19.2 Å². The van der Waals surface area contributed by atoms with E-state index in [1.807, 2.05) is 58.0 Å². The number of pyridine rings is 1. The minimum absolute atomic E-state index is 0.127. The van der Waals surface area contributed by atoms with Crippen molar-refractivity contribution in [1.29, 1.82) is 0 Å². The predicted molar refractivity (Wildman–Crippen MR) is 165 cm³/mol. The second-order valence-corrected chi connectivity index (χ2v) is 12.8. The van der Waals surface area contributed by atoms with E-state index in [2.05, 4.69) is 38.6 Å². The summed E-state index contributed by atoms with van der Waals surface area (Å²) in [6, 6.07) is 7.25. The second-order valence-electron chi connectivity index (χ2n) is 11.9. The van der Waals surface area contributed by atoms with Crippen molar-refractivity contribution in [3.63, 3.8) is 0 Å². The number of nitrogens with one attached hydrogen (secondary N) is 3. The highest BCUT2D eigenvalue weighted by atomic mass is 79.9. The van der Waals surface area contributed by atoms with Gasteiger partial charge in [0.1, 0.15) is 18.1 Å². The lowest BCUT2D eigenvalue weighted by Crippen LogP contribution is -2.62. The number of aromatic nitrogens is 1. The van der Waals surface area contributed by atoms with Gasteiger partial charge < -0.3 is 15.5 Å². The highest BCUT2D eigenvalue weighted by molar-refractivity contribution is 9.10. The van der Waals surface area contributed by atoms with E-state index in [1.54, 1.807) is 17.9 Å². The smallest absolute Gasteiger partial charge is 0.258 e. The predicted octanol–water partition coefficient (Wildman–Crippen LogP) is 3.62. The third-order valence-electron chi connectivity index (χ3n) is 8.28. The van der Waals surface area contributed by atoms with Crippen molar-refractivity contribution < 1.29 is 19.2 Å². The van der Waals surface area contributed by atoms with Gasteiger partial charge in [0.05, 0.1) is 22.7 Å². The van der Waals surface area contributed by atoms with E-state index in [-0.39, 0.29) is 35.6 Å². The number of benzene rings is 1. The number of fused-ring (bicyclic) bond motifs is 1. The van der Waals surface area contributed by atoms with Crippen molar-refractivity contribution in [2.24, 2.45) is 11.3 Å². The van der Waals surface area contributed by atoms with Crippen LogP contribution in [0.2, 0.25) is 0 Å². The number of carbonyl (C=O) groups is 4. The molecule has 2 aliphatic rings. The Bertz CT molecular complexity index is 1380. The maximum atomic E-state index is 13.3. The molecule has 0 spiro atoms. The standard InChI is InChI=1S/C31H41BrN6O4/c1-7-31(6)14-16-37(30(31)42)26(18(2)3)28(40)34-20(5)29(41)38-15-8-9-24(36-38)27(39)33-19(4)23-13-11-21-10-12-22(32)17-25(21)35-23/h7,10-13,17-20,24,26,36H,1,8-9,14-16H2,2-6H3,(H,33,39)(H,34,40)/t19-,20+,24?,26?,31?/m1/s1. The molecule has 0 bridgehead atoms. The number of hydrazine groups is 1. The summed E-state index contributed by atoms with van der Waals surface area (Å²) in [5.74, 6) is -1.22. The number of hydrogen-bond acceptors (Lipinski definition) is 6. The van der Waals surface area contributed by atoms with E-state index >= 15 is 0 Å². The van der Waals surface area contributed by atoms with Gasteiger partial charge in [-0.25, -0.2) is 5.43 Å². The van der Waals surface area contributed by atoms with Gasteiger partial charge in [-0.3, -0.25) is 29.2 Å². The summed E-state index contributed by atoms with van der Waals surface area (Å²) >= 11 is 3.47. The molecule has 1 aromatic carbocycles. The highest BCUT2D eigenvalue weighted by Gasteiger charge is 2.46. The molecule has 3 N–H and O–H groups in total. The Morgan fingerprint density at radius 1 is 1.14 bits per heavy atom. The minimum atomic E-state index is -0.850. The highest BCUT2D eigenvalue weighted by Crippen LogP contribution is 2.35. The SMILES string of the molecule is C=CC1(C)CCN(C(C(=O)N[C@@H](C)C(=O)N2CCCC(C(=O)N[C@H](C)c3ccc4ccc(Br)cc4n3)N2)C(C)C)C1=O. The van der Waals surface area contributed by atoms with E-state index in [4.69, 9.17) is 4.98 Å². The Labute approximate surface area is 255 Å². The minimum Gasteiger partial charge on any atom is -0.347 e. The van der Waals surface area contributed by atoms with Gasteiger partial charge in [0, 0.05) is 22.9 Å². The van der Waals surface area contributed by atoms with Crippen LogP contribution in [0.15, 0.2) is 47.5 Å². The zero-order valence-corrected chi connectivity index (χ0v) is 26.5. The molecule has 226 valence electrons. The number of carbonyl (C=O) groups excluding carboxylic acids is 4. The number of amides is 4. The first-order chi connectivity index (χ1) is 19.8. The molecule has 3 heterocycles. The van der Waals surface area contributed by atoms with Gasteiger partial charge in [0.25, 0.3) is 5.91 Å². The fraction of sp³-hybridized carbons (Fsp3) is 0.516. The van der Waals surface area contributed by atoms with Crippen LogP contribution in [0.25, 0.3) is 10.9 Å². The summed E-state index contributed by atoms with van der Waals surface area (Å²) in [5, 5.41) is 8.25. The van der Waals surface area contributed by atoms with Crippen LogP contribution in [0, 0.1) is 11.3 Å². The van der Waals surface area contributed by atoms with Gasteiger partial charge in [-0.15, -0.1) is 6.58 Å². The monoisotopic (exact) mass is 640 g/mol. The van der Waals surface area contributed by atoms with Gasteiger partial charge >= 0.3 is 0 Å². The van der Waals surface area contributed by atoms with Gasteiger partial charge in [0.15, 0.2) is 0 Å². The molecule has 1 aromatic heterocycles. The number of halogens is 1. The van der Waals surface area contributed by atoms with Crippen molar-refractivity contribution in [1.82, 2.24) is 31.0 Å². The van der Waals surface area contributed by atoms with E-state index in [9.17, 15) is 19.2 Å². The quantitative estimate of drug-likeness (QED) is 0.360. The zero-order chi connectivity index (χ0) is 30.8. The molecule has 2 aliphatic heterocycles. The van der Waals surface area contributed by atoms with Gasteiger partial charge in [-0.1, -0.05) is 48.0 Å². The largest absolute Gasteiger partial charge is 0.347 e. The molecule has 4 rings (SSSR count). The lowest BCUT2D eigenvalue weighted by molar-refractivity contribution is -0.146. The summed E-state index contributed by atoms with van der Waals surface area (Å²) in [4.78, 5) is 59.2. The van der Waals surface area contributed by atoms with Crippen LogP contribution < -0.4 is 16.1 Å². The fourth-order valence-corrected chi connectivity index (χ4v) is 5.96. The second kappa shape index (κ2) is 12.9. The van der Waals surface area contributed by atoms with Crippen LogP contribution in [0.4, 0.5) is 0 Å². The summed E-state index contributed by atoms with van der Waals surface area (Å²) in [6.07, 6.45) is 3.43. The average Bonchev–Trinajstić information content (AvgIpc) is 3.25. The van der Waals surface area contributed by atoms with E-state index in [0.29, 0.717) is 32.4 Å². The Morgan fingerprint density at radius 3 is 2.52 bits per heavy atom. The molecule has 4 amide bonds.